The van der Waals surface area contributed by atoms with E-state index in [0.717, 1.165) is 36.1 Å². The zero-order valence-corrected chi connectivity index (χ0v) is 14.5. The molecule has 3 nitrogen and oxygen atoms in total. The average molecular weight is 312 g/mol. The summed E-state index contributed by atoms with van der Waals surface area (Å²) in [6.45, 7) is 9.71. The Morgan fingerprint density at radius 1 is 1.30 bits per heavy atom. The fourth-order valence-corrected chi connectivity index (χ4v) is 5.05. The largest absolute Gasteiger partial charge is 0.370 e. The van der Waals surface area contributed by atoms with Crippen molar-refractivity contribution in [1.82, 2.24) is 9.97 Å². The quantitative estimate of drug-likeness (QED) is 0.880. The molecule has 1 aromatic rings. The SMILES string of the molecule is CCCNc1nc(C2CSCCS2)nc(C)c1C(C)C. The van der Waals surface area contributed by atoms with E-state index in [9.17, 15) is 0 Å². The number of nitrogens with zero attached hydrogens (tertiary/aromatic N) is 2. The molecule has 0 radical (unpaired) electrons. The van der Waals surface area contributed by atoms with Gasteiger partial charge in [0.15, 0.2) is 0 Å². The second-order valence-corrected chi connectivity index (χ2v) is 7.91. The number of nitrogens with one attached hydrogen (secondary N) is 1. The van der Waals surface area contributed by atoms with E-state index < -0.39 is 0 Å². The van der Waals surface area contributed by atoms with Gasteiger partial charge in [0.1, 0.15) is 11.6 Å². The topological polar surface area (TPSA) is 37.8 Å². The molecule has 5 heteroatoms. The predicted octanol–water partition coefficient (Wildman–Crippen LogP) is 4.25. The monoisotopic (exact) mass is 311 g/mol. The molecule has 1 unspecified atom stereocenters. The summed E-state index contributed by atoms with van der Waals surface area (Å²) in [5, 5.41) is 3.95. The Kier molecular flexibility index (Phi) is 6.02. The lowest BCUT2D eigenvalue weighted by molar-refractivity contribution is 0.800. The first kappa shape index (κ1) is 16.0. The minimum absolute atomic E-state index is 0.454. The highest BCUT2D eigenvalue weighted by Crippen LogP contribution is 2.36. The number of aryl methyl sites for hydroxylation is 1. The number of anilines is 1. The molecule has 1 atom stereocenters. The second-order valence-electron chi connectivity index (χ2n) is 5.45. The van der Waals surface area contributed by atoms with Crippen molar-refractivity contribution in [3.05, 3.63) is 17.1 Å². The summed E-state index contributed by atoms with van der Waals surface area (Å²) in [5.41, 5.74) is 2.41. The Morgan fingerprint density at radius 3 is 2.70 bits per heavy atom. The maximum absolute atomic E-state index is 4.86. The lowest BCUT2D eigenvalue weighted by Crippen LogP contribution is -2.16. The highest BCUT2D eigenvalue weighted by molar-refractivity contribution is 8.06. The third-order valence-electron chi connectivity index (χ3n) is 3.38. The van der Waals surface area contributed by atoms with E-state index in [4.69, 9.17) is 9.97 Å². The minimum Gasteiger partial charge on any atom is -0.370 e. The molecule has 2 heterocycles. The molecule has 0 aromatic carbocycles. The van der Waals surface area contributed by atoms with E-state index in [1.165, 1.54) is 17.1 Å². The third-order valence-corrected chi connectivity index (χ3v) is 6.13. The average Bonchev–Trinajstić information content (AvgIpc) is 2.45. The summed E-state index contributed by atoms with van der Waals surface area (Å²) in [7, 11) is 0. The first-order valence-electron chi connectivity index (χ1n) is 7.45. The zero-order valence-electron chi connectivity index (χ0n) is 12.9. The predicted molar refractivity (Wildman–Crippen MR) is 92.2 cm³/mol. The van der Waals surface area contributed by atoms with Gasteiger partial charge in [-0.2, -0.15) is 11.8 Å². The van der Waals surface area contributed by atoms with Gasteiger partial charge in [-0.25, -0.2) is 9.97 Å². The first-order chi connectivity index (χ1) is 9.63. The van der Waals surface area contributed by atoms with Crippen LogP contribution in [0, 0.1) is 6.92 Å². The number of hydrogen-bond acceptors (Lipinski definition) is 5. The Bertz CT molecular complexity index is 443. The molecular formula is C15H25N3S2. The Labute approximate surface area is 131 Å². The molecular weight excluding hydrogens is 286 g/mol. The fraction of sp³-hybridized carbons (Fsp3) is 0.733. The van der Waals surface area contributed by atoms with Gasteiger partial charge in [0.25, 0.3) is 0 Å². The number of thioether (sulfide) groups is 2. The summed E-state index contributed by atoms with van der Waals surface area (Å²) in [6.07, 6.45) is 1.12. The summed E-state index contributed by atoms with van der Waals surface area (Å²) in [5.74, 6) is 6.13. The van der Waals surface area contributed by atoms with Gasteiger partial charge < -0.3 is 5.32 Å². The maximum atomic E-state index is 4.86. The van der Waals surface area contributed by atoms with Crippen LogP contribution in [0.25, 0.3) is 0 Å². The third kappa shape index (κ3) is 3.82. The smallest absolute Gasteiger partial charge is 0.144 e. The summed E-state index contributed by atoms with van der Waals surface area (Å²) >= 11 is 4.01. The van der Waals surface area contributed by atoms with E-state index in [1.807, 2.05) is 23.5 Å². The molecule has 0 amide bonds. The van der Waals surface area contributed by atoms with Crippen LogP contribution in [0.2, 0.25) is 0 Å². The summed E-state index contributed by atoms with van der Waals surface area (Å²) < 4.78 is 0. The van der Waals surface area contributed by atoms with Gasteiger partial charge in [-0.15, -0.1) is 11.8 Å². The molecule has 2 rings (SSSR count). The molecule has 112 valence electrons. The van der Waals surface area contributed by atoms with Gasteiger partial charge >= 0.3 is 0 Å². The molecule has 0 spiro atoms. The summed E-state index contributed by atoms with van der Waals surface area (Å²) in [6, 6.07) is 0. The van der Waals surface area contributed by atoms with Crippen molar-refractivity contribution in [1.29, 1.82) is 0 Å². The second kappa shape index (κ2) is 7.55. The van der Waals surface area contributed by atoms with Gasteiger partial charge in [0.05, 0.1) is 5.25 Å². The lowest BCUT2D eigenvalue weighted by Gasteiger charge is -2.23. The van der Waals surface area contributed by atoms with Crippen LogP contribution in [0.3, 0.4) is 0 Å². The molecule has 1 saturated heterocycles. The van der Waals surface area contributed by atoms with Gasteiger partial charge in [-0.05, 0) is 19.3 Å². The zero-order chi connectivity index (χ0) is 14.5. The van der Waals surface area contributed by atoms with E-state index in [0.29, 0.717) is 11.2 Å². The highest BCUT2D eigenvalue weighted by atomic mass is 32.2. The van der Waals surface area contributed by atoms with E-state index in [1.54, 1.807) is 0 Å². The van der Waals surface area contributed by atoms with Crippen LogP contribution in [0.1, 0.15) is 55.4 Å². The molecule has 0 aliphatic carbocycles. The number of hydrogen-bond donors (Lipinski definition) is 1. The van der Waals surface area contributed by atoms with Crippen LogP contribution in [0.4, 0.5) is 5.82 Å². The molecule has 1 aromatic heterocycles. The van der Waals surface area contributed by atoms with E-state index in [2.05, 4.69) is 33.0 Å². The maximum Gasteiger partial charge on any atom is 0.144 e. The van der Waals surface area contributed by atoms with Crippen LogP contribution in [-0.4, -0.2) is 33.8 Å². The number of aromatic nitrogens is 2. The van der Waals surface area contributed by atoms with Crippen LogP contribution in [-0.2, 0) is 0 Å². The normalized spacial score (nSPS) is 19.4. The summed E-state index contributed by atoms with van der Waals surface area (Å²) in [4.78, 5) is 9.66. The van der Waals surface area contributed by atoms with Crippen molar-refractivity contribution in [2.75, 3.05) is 29.1 Å². The molecule has 1 aliphatic heterocycles. The molecule has 1 fully saturated rings. The fourth-order valence-electron chi connectivity index (χ4n) is 2.45. The Balaban J connectivity index is 2.31. The van der Waals surface area contributed by atoms with Crippen LogP contribution >= 0.6 is 23.5 Å². The van der Waals surface area contributed by atoms with E-state index >= 15 is 0 Å². The van der Waals surface area contributed by atoms with Gasteiger partial charge in [0.2, 0.25) is 0 Å². The van der Waals surface area contributed by atoms with Gasteiger partial charge in [-0.1, -0.05) is 20.8 Å². The number of rotatable bonds is 5. The standard InChI is InChI=1S/C15H25N3S2/c1-5-6-16-15-13(10(2)3)11(4)17-14(18-15)12-9-19-7-8-20-12/h10,12H,5-9H2,1-4H3,(H,16,17,18). The Morgan fingerprint density at radius 2 is 2.10 bits per heavy atom. The molecule has 0 saturated carbocycles. The van der Waals surface area contributed by atoms with Crippen molar-refractivity contribution < 1.29 is 0 Å². The van der Waals surface area contributed by atoms with Crippen LogP contribution in [0.5, 0.6) is 0 Å². The van der Waals surface area contributed by atoms with Gasteiger partial charge in [0, 0.05) is 35.1 Å². The van der Waals surface area contributed by atoms with E-state index in [-0.39, 0.29) is 0 Å². The van der Waals surface area contributed by atoms with Crippen molar-refractivity contribution in [3.8, 4) is 0 Å². The highest BCUT2D eigenvalue weighted by Gasteiger charge is 2.22. The van der Waals surface area contributed by atoms with Crippen molar-refractivity contribution in [2.45, 2.75) is 45.3 Å². The first-order valence-corrected chi connectivity index (χ1v) is 9.65. The lowest BCUT2D eigenvalue weighted by atomic mass is 10.0. The molecule has 1 N–H and O–H groups in total. The van der Waals surface area contributed by atoms with Crippen molar-refractivity contribution >= 4 is 29.3 Å². The molecule has 1 aliphatic rings. The molecule has 0 bridgehead atoms. The van der Waals surface area contributed by atoms with Gasteiger partial charge in [-0.3, -0.25) is 0 Å². The minimum atomic E-state index is 0.454. The Hall–Kier alpha value is -0.420. The molecule has 20 heavy (non-hydrogen) atoms. The van der Waals surface area contributed by atoms with Crippen molar-refractivity contribution in [3.63, 3.8) is 0 Å². The van der Waals surface area contributed by atoms with Crippen LogP contribution in [0.15, 0.2) is 0 Å². The van der Waals surface area contributed by atoms with Crippen molar-refractivity contribution in [2.24, 2.45) is 0 Å². The van der Waals surface area contributed by atoms with Crippen LogP contribution < -0.4 is 5.32 Å².